The van der Waals surface area contributed by atoms with Crippen LogP contribution in [0, 0.1) is 23.7 Å². The number of nitrogens with zero attached hydrogens (tertiary/aromatic N) is 7. The third-order valence-electron chi connectivity index (χ3n) is 6.37. The van der Waals surface area contributed by atoms with Gasteiger partial charge in [-0.15, -0.1) is 4.98 Å². The zero-order chi connectivity index (χ0) is 20.7. The average molecular weight is 405 g/mol. The molecule has 4 heterocycles. The maximum atomic E-state index is 13.7. The topological polar surface area (TPSA) is 78.9 Å². The maximum Gasteiger partial charge on any atom is 0.274 e. The number of carbonyl (C=O) groups is 1. The summed E-state index contributed by atoms with van der Waals surface area (Å²) in [6.07, 6.45) is 9.09. The summed E-state index contributed by atoms with van der Waals surface area (Å²) in [4.78, 5) is 31.2. The van der Waals surface area contributed by atoms with Gasteiger partial charge in [0.2, 0.25) is 12.2 Å². The van der Waals surface area contributed by atoms with Gasteiger partial charge in [0.25, 0.3) is 5.82 Å². The van der Waals surface area contributed by atoms with Gasteiger partial charge in [-0.1, -0.05) is 6.57 Å². The molecule has 1 saturated heterocycles. The molecule has 2 aromatic heterocycles. The predicted molar refractivity (Wildman–Crippen MR) is 107 cm³/mol. The molecule has 0 unspecified atom stereocenters. The lowest BCUT2D eigenvalue weighted by molar-refractivity contribution is -0.140. The molecule has 3 aliphatic rings. The third-order valence-corrected chi connectivity index (χ3v) is 6.37. The van der Waals surface area contributed by atoms with E-state index in [9.17, 15) is 9.18 Å². The smallest absolute Gasteiger partial charge is 0.274 e. The number of hydrazone groups is 1. The Bertz CT molecular complexity index is 1060. The van der Waals surface area contributed by atoms with E-state index >= 15 is 0 Å². The zero-order valence-corrected chi connectivity index (χ0v) is 16.3. The fourth-order valence-corrected chi connectivity index (χ4v) is 4.65. The summed E-state index contributed by atoms with van der Waals surface area (Å²) in [6.45, 7) is 8.56. The van der Waals surface area contributed by atoms with Crippen LogP contribution in [0.15, 0.2) is 36.0 Å². The number of amides is 1. The molecule has 1 amide bonds. The van der Waals surface area contributed by atoms with Crippen LogP contribution in [0.25, 0.3) is 4.85 Å². The first kappa shape index (κ1) is 18.6. The van der Waals surface area contributed by atoms with Gasteiger partial charge < -0.3 is 9.74 Å². The molecule has 0 bridgehead atoms. The monoisotopic (exact) mass is 405 g/mol. The lowest BCUT2D eigenvalue weighted by Gasteiger charge is -2.40. The van der Waals surface area contributed by atoms with Gasteiger partial charge in [-0.05, 0) is 36.3 Å². The number of hydrogen-bond donors (Lipinski definition) is 0. The van der Waals surface area contributed by atoms with Gasteiger partial charge in [0.15, 0.2) is 0 Å². The van der Waals surface area contributed by atoms with Crippen LogP contribution >= 0.6 is 0 Å². The van der Waals surface area contributed by atoms with E-state index in [1.165, 1.54) is 17.4 Å². The number of rotatable bonds is 3. The average Bonchev–Trinajstić information content (AvgIpc) is 3.34. The molecule has 2 aromatic rings. The molecule has 2 atom stereocenters. The molecular weight excluding hydrogens is 385 g/mol. The highest BCUT2D eigenvalue weighted by Crippen LogP contribution is 2.57. The number of anilines is 1. The van der Waals surface area contributed by atoms with Crippen molar-refractivity contribution >= 4 is 23.8 Å². The molecule has 152 valence electrons. The third kappa shape index (κ3) is 3.18. The molecule has 1 aliphatic carbocycles. The van der Waals surface area contributed by atoms with Gasteiger partial charge in [-0.25, -0.2) is 9.40 Å². The van der Waals surface area contributed by atoms with Crippen LogP contribution < -0.4 is 4.90 Å². The second-order valence-electron chi connectivity index (χ2n) is 8.14. The van der Waals surface area contributed by atoms with E-state index in [4.69, 9.17) is 6.57 Å². The van der Waals surface area contributed by atoms with Crippen molar-refractivity contribution in [1.82, 2.24) is 20.0 Å². The van der Waals surface area contributed by atoms with Gasteiger partial charge in [-0.2, -0.15) is 10.1 Å². The maximum absolute atomic E-state index is 13.7. The van der Waals surface area contributed by atoms with Gasteiger partial charge in [0.1, 0.15) is 11.6 Å². The van der Waals surface area contributed by atoms with Crippen molar-refractivity contribution in [1.29, 1.82) is 0 Å². The Morgan fingerprint density at radius 2 is 2.13 bits per heavy atom. The van der Waals surface area contributed by atoms with E-state index in [0.717, 1.165) is 31.4 Å². The van der Waals surface area contributed by atoms with Gasteiger partial charge in [0, 0.05) is 43.9 Å². The largest absolute Gasteiger partial charge is 0.360 e. The number of piperidine rings is 1. The highest BCUT2D eigenvalue weighted by molar-refractivity contribution is 5.83. The molecular formula is C21H20FN7O. The summed E-state index contributed by atoms with van der Waals surface area (Å²) in [6, 6.07) is 2.81. The lowest BCUT2D eigenvalue weighted by Crippen LogP contribution is -2.48. The predicted octanol–water partition coefficient (Wildman–Crippen LogP) is 3.13. The van der Waals surface area contributed by atoms with Crippen LogP contribution in [-0.4, -0.2) is 45.2 Å². The Morgan fingerprint density at radius 3 is 2.90 bits per heavy atom. The highest BCUT2D eigenvalue weighted by atomic mass is 19.1. The molecule has 30 heavy (non-hydrogen) atoms. The molecule has 1 saturated carbocycles. The van der Waals surface area contributed by atoms with Crippen molar-refractivity contribution in [3.8, 4) is 0 Å². The van der Waals surface area contributed by atoms with E-state index < -0.39 is 5.82 Å². The SMILES string of the molecule is [C-]#[N+]c1cc(N2CC[C@@H](C(=O)N3N=CC[C@@H]3c3cncc(F)c3)C3(CC3)C2)ncn1. The molecule has 9 heteroatoms. The van der Waals surface area contributed by atoms with Gasteiger partial charge >= 0.3 is 0 Å². The Morgan fingerprint density at radius 1 is 1.27 bits per heavy atom. The van der Waals surface area contributed by atoms with Crippen molar-refractivity contribution in [2.75, 3.05) is 18.0 Å². The van der Waals surface area contributed by atoms with Crippen molar-refractivity contribution < 1.29 is 9.18 Å². The number of hydrogen-bond acceptors (Lipinski definition) is 6. The summed E-state index contributed by atoms with van der Waals surface area (Å²) >= 11 is 0. The molecule has 0 aromatic carbocycles. The lowest BCUT2D eigenvalue weighted by atomic mass is 9.81. The summed E-state index contributed by atoms with van der Waals surface area (Å²) < 4.78 is 13.7. The number of carbonyl (C=O) groups excluding carboxylic acids is 1. The summed E-state index contributed by atoms with van der Waals surface area (Å²) in [5, 5.41) is 5.86. The Labute approximate surface area is 173 Å². The van der Waals surface area contributed by atoms with Gasteiger partial charge in [0.05, 0.1) is 12.2 Å². The first-order chi connectivity index (χ1) is 14.6. The summed E-state index contributed by atoms with van der Waals surface area (Å²) in [7, 11) is 0. The first-order valence-electron chi connectivity index (χ1n) is 10.00. The van der Waals surface area contributed by atoms with Crippen molar-refractivity contribution in [3.05, 3.63) is 53.7 Å². The number of aromatic nitrogens is 3. The van der Waals surface area contributed by atoms with Crippen LogP contribution in [0.5, 0.6) is 0 Å². The second-order valence-corrected chi connectivity index (χ2v) is 8.14. The van der Waals surface area contributed by atoms with E-state index in [-0.39, 0.29) is 23.3 Å². The van der Waals surface area contributed by atoms with Crippen molar-refractivity contribution in [3.63, 3.8) is 0 Å². The molecule has 8 nitrogen and oxygen atoms in total. The van der Waals surface area contributed by atoms with Crippen molar-refractivity contribution in [2.45, 2.75) is 31.7 Å². The second kappa shape index (κ2) is 7.13. The van der Waals surface area contributed by atoms with Crippen LogP contribution in [0.4, 0.5) is 16.0 Å². The fourth-order valence-electron chi connectivity index (χ4n) is 4.65. The highest BCUT2D eigenvalue weighted by Gasteiger charge is 2.56. The van der Waals surface area contributed by atoms with Crippen LogP contribution in [0.3, 0.4) is 0 Å². The minimum atomic E-state index is -0.414. The van der Waals surface area contributed by atoms with Crippen LogP contribution in [0.1, 0.15) is 37.3 Å². The fraction of sp³-hybridized carbons (Fsp3) is 0.429. The molecule has 1 spiro atoms. The molecule has 0 N–H and O–H groups in total. The van der Waals surface area contributed by atoms with E-state index in [0.29, 0.717) is 30.8 Å². The quantitative estimate of drug-likeness (QED) is 0.733. The Balaban J connectivity index is 1.35. The summed E-state index contributed by atoms with van der Waals surface area (Å²) in [5.74, 6) is 0.509. The normalized spacial score (nSPS) is 24.1. The molecule has 2 aliphatic heterocycles. The van der Waals surface area contributed by atoms with E-state index in [1.807, 2.05) is 0 Å². The minimum Gasteiger partial charge on any atom is -0.360 e. The summed E-state index contributed by atoms with van der Waals surface area (Å²) in [5.41, 5.74) is 0.567. The number of halogens is 1. The standard InChI is InChI=1S/C21H20FN7O/c1-23-18-9-19(26-13-25-18)28-7-3-16(21(12-28)4-5-21)20(30)29-17(2-6-27-29)14-8-15(22)11-24-10-14/h6,8-11,13,16-17H,2-5,7,12H2/t16-,17+/m0/s1. The Hall–Kier alpha value is -3.41. The van der Waals surface area contributed by atoms with Gasteiger partial charge in [-0.3, -0.25) is 9.78 Å². The van der Waals surface area contributed by atoms with E-state index in [1.54, 1.807) is 18.5 Å². The first-order valence-corrected chi connectivity index (χ1v) is 10.00. The molecule has 5 rings (SSSR count). The van der Waals surface area contributed by atoms with E-state index in [2.05, 4.69) is 29.8 Å². The van der Waals surface area contributed by atoms with Crippen molar-refractivity contribution in [2.24, 2.45) is 16.4 Å². The molecule has 2 fully saturated rings. The van der Waals surface area contributed by atoms with Crippen LogP contribution in [-0.2, 0) is 4.79 Å². The van der Waals surface area contributed by atoms with Crippen LogP contribution in [0.2, 0.25) is 0 Å². The Kier molecular flexibility index (Phi) is 4.42. The zero-order valence-electron chi connectivity index (χ0n) is 16.3. The number of pyridine rings is 1. The minimum absolute atomic E-state index is 0.000282. The molecule has 0 radical (unpaired) electrons.